The van der Waals surface area contributed by atoms with E-state index in [4.69, 9.17) is 9.97 Å². The summed E-state index contributed by atoms with van der Waals surface area (Å²) in [6, 6.07) is 17.5. The highest BCUT2D eigenvalue weighted by atomic mass is 16.2. The van der Waals surface area contributed by atoms with Crippen molar-refractivity contribution in [1.29, 1.82) is 0 Å². The largest absolute Gasteiger partial charge is 0.352 e. The lowest BCUT2D eigenvalue weighted by molar-refractivity contribution is 0.0747. The Balaban J connectivity index is 1.27. The predicted molar refractivity (Wildman–Crippen MR) is 127 cm³/mol. The van der Waals surface area contributed by atoms with Crippen LogP contribution in [0, 0.1) is 0 Å². The summed E-state index contributed by atoms with van der Waals surface area (Å²) in [6.45, 7) is 2.66. The van der Waals surface area contributed by atoms with E-state index in [0.717, 1.165) is 33.3 Å². The second-order valence-electron chi connectivity index (χ2n) is 8.04. The minimum Gasteiger partial charge on any atom is -0.352 e. The number of carbonyl (C=O) groups is 1. The van der Waals surface area contributed by atoms with Gasteiger partial charge in [-0.2, -0.15) is 0 Å². The van der Waals surface area contributed by atoms with Crippen LogP contribution >= 0.6 is 0 Å². The number of benzene rings is 2. The molecule has 162 valence electrons. The van der Waals surface area contributed by atoms with Gasteiger partial charge in [0.15, 0.2) is 5.82 Å². The van der Waals surface area contributed by atoms with Crippen LogP contribution in [0.2, 0.25) is 0 Å². The van der Waals surface area contributed by atoms with Crippen molar-refractivity contribution < 1.29 is 4.79 Å². The quantitative estimate of drug-likeness (QED) is 0.466. The fraction of sp³-hybridized carbons (Fsp3) is 0.160. The lowest BCUT2D eigenvalue weighted by Crippen LogP contribution is -2.49. The number of pyridine rings is 1. The SMILES string of the molecule is O=C(c1ccc2nc[nH]c2c1)N1CCN(c2nc(-c3ccncc3)nc3ccccc23)CC1. The first-order valence-electron chi connectivity index (χ1n) is 10.9. The zero-order valence-electron chi connectivity index (χ0n) is 17.8. The lowest BCUT2D eigenvalue weighted by Gasteiger charge is -2.36. The summed E-state index contributed by atoms with van der Waals surface area (Å²) in [7, 11) is 0. The molecule has 1 aliphatic rings. The van der Waals surface area contributed by atoms with Gasteiger partial charge < -0.3 is 14.8 Å². The summed E-state index contributed by atoms with van der Waals surface area (Å²) < 4.78 is 0. The van der Waals surface area contributed by atoms with Gasteiger partial charge in [-0.25, -0.2) is 15.0 Å². The molecule has 8 nitrogen and oxygen atoms in total. The molecule has 0 unspecified atom stereocenters. The van der Waals surface area contributed by atoms with Gasteiger partial charge in [-0.1, -0.05) is 12.1 Å². The topological polar surface area (TPSA) is 90.9 Å². The fourth-order valence-electron chi connectivity index (χ4n) is 4.30. The summed E-state index contributed by atoms with van der Waals surface area (Å²) >= 11 is 0. The molecule has 1 aliphatic heterocycles. The van der Waals surface area contributed by atoms with Crippen molar-refractivity contribution in [2.75, 3.05) is 31.1 Å². The van der Waals surface area contributed by atoms with Crippen LogP contribution in [0.3, 0.4) is 0 Å². The molecule has 1 N–H and O–H groups in total. The van der Waals surface area contributed by atoms with Gasteiger partial charge in [0.25, 0.3) is 5.91 Å². The molecule has 8 heteroatoms. The predicted octanol–water partition coefficient (Wildman–Crippen LogP) is 3.53. The Kier molecular flexibility index (Phi) is 4.68. The van der Waals surface area contributed by atoms with Crippen LogP contribution in [0.25, 0.3) is 33.3 Å². The number of nitrogens with zero attached hydrogens (tertiary/aromatic N) is 6. The van der Waals surface area contributed by atoms with E-state index in [1.54, 1.807) is 18.7 Å². The van der Waals surface area contributed by atoms with E-state index < -0.39 is 0 Å². The number of imidazole rings is 1. The van der Waals surface area contributed by atoms with Gasteiger partial charge >= 0.3 is 0 Å². The average Bonchev–Trinajstić information content (AvgIpc) is 3.36. The van der Waals surface area contributed by atoms with Crippen molar-refractivity contribution in [3.63, 3.8) is 0 Å². The molecular formula is C25H21N7O. The first kappa shape index (κ1) is 19.4. The maximum atomic E-state index is 13.1. The van der Waals surface area contributed by atoms with E-state index in [0.29, 0.717) is 37.6 Å². The van der Waals surface area contributed by atoms with Crippen LogP contribution in [-0.2, 0) is 0 Å². The summed E-state index contributed by atoms with van der Waals surface area (Å²) in [5, 5.41) is 1.01. The first-order valence-corrected chi connectivity index (χ1v) is 10.9. The van der Waals surface area contributed by atoms with E-state index in [1.165, 1.54) is 0 Å². The number of aromatic nitrogens is 5. The fourth-order valence-corrected chi connectivity index (χ4v) is 4.30. The minimum atomic E-state index is 0.0381. The number of piperazine rings is 1. The number of aromatic amines is 1. The number of hydrogen-bond acceptors (Lipinski definition) is 6. The Morgan fingerprint density at radius 3 is 2.55 bits per heavy atom. The molecule has 0 spiro atoms. The molecule has 0 bridgehead atoms. The molecule has 0 saturated carbocycles. The normalized spacial score (nSPS) is 14.2. The zero-order chi connectivity index (χ0) is 22.2. The maximum Gasteiger partial charge on any atom is 0.254 e. The highest BCUT2D eigenvalue weighted by Gasteiger charge is 2.25. The molecule has 5 aromatic rings. The third-order valence-corrected chi connectivity index (χ3v) is 6.06. The number of H-pyrrole nitrogens is 1. The number of para-hydroxylation sites is 1. The molecule has 0 radical (unpaired) electrons. The van der Waals surface area contributed by atoms with Gasteiger partial charge in [0, 0.05) is 55.1 Å². The average molecular weight is 435 g/mol. The first-order chi connectivity index (χ1) is 16.3. The molecule has 2 aromatic carbocycles. The number of hydrogen-bond donors (Lipinski definition) is 1. The number of carbonyl (C=O) groups excluding carboxylic acids is 1. The van der Waals surface area contributed by atoms with Crippen molar-refractivity contribution in [2.24, 2.45) is 0 Å². The third-order valence-electron chi connectivity index (χ3n) is 6.06. The molecular weight excluding hydrogens is 414 g/mol. The Morgan fingerprint density at radius 1 is 0.879 bits per heavy atom. The van der Waals surface area contributed by atoms with Crippen LogP contribution in [-0.4, -0.2) is 61.9 Å². The zero-order valence-corrected chi connectivity index (χ0v) is 17.8. The Hall–Kier alpha value is -4.33. The van der Waals surface area contributed by atoms with E-state index in [1.807, 2.05) is 53.4 Å². The summed E-state index contributed by atoms with van der Waals surface area (Å²) in [4.78, 5) is 38.3. The minimum absolute atomic E-state index is 0.0381. The van der Waals surface area contributed by atoms with Crippen LogP contribution in [0.1, 0.15) is 10.4 Å². The number of fused-ring (bicyclic) bond motifs is 2. The summed E-state index contributed by atoms with van der Waals surface area (Å²) in [5.74, 6) is 1.62. The molecule has 6 rings (SSSR count). The molecule has 4 heterocycles. The molecule has 0 aliphatic carbocycles. The van der Waals surface area contributed by atoms with E-state index in [2.05, 4.69) is 25.9 Å². The Bertz CT molecular complexity index is 1460. The number of anilines is 1. The molecule has 1 amide bonds. The van der Waals surface area contributed by atoms with Gasteiger partial charge in [-0.3, -0.25) is 9.78 Å². The molecule has 1 fully saturated rings. The van der Waals surface area contributed by atoms with Gasteiger partial charge in [-0.15, -0.1) is 0 Å². The second kappa shape index (κ2) is 7.98. The van der Waals surface area contributed by atoms with Crippen LogP contribution < -0.4 is 4.90 Å². The molecule has 33 heavy (non-hydrogen) atoms. The standard InChI is InChI=1S/C25H21N7O/c33-25(18-5-6-21-22(15-18)28-16-27-21)32-13-11-31(12-14-32)24-19-3-1-2-4-20(19)29-23(30-24)17-7-9-26-10-8-17/h1-10,15-16H,11-14H2,(H,27,28). The van der Waals surface area contributed by atoms with Crippen molar-refractivity contribution in [2.45, 2.75) is 0 Å². The van der Waals surface area contributed by atoms with Crippen LogP contribution in [0.15, 0.2) is 73.3 Å². The summed E-state index contributed by atoms with van der Waals surface area (Å²) in [5.41, 5.74) is 4.24. The van der Waals surface area contributed by atoms with Crippen LogP contribution in [0.4, 0.5) is 5.82 Å². The molecule has 0 atom stereocenters. The number of amides is 1. The number of rotatable bonds is 3. The van der Waals surface area contributed by atoms with Crippen molar-refractivity contribution in [3.05, 3.63) is 78.9 Å². The van der Waals surface area contributed by atoms with Gasteiger partial charge in [0.2, 0.25) is 0 Å². The van der Waals surface area contributed by atoms with Crippen molar-refractivity contribution >= 4 is 33.7 Å². The Labute approximate surface area is 189 Å². The van der Waals surface area contributed by atoms with Gasteiger partial charge in [0.05, 0.1) is 22.9 Å². The highest BCUT2D eigenvalue weighted by molar-refractivity contribution is 5.97. The van der Waals surface area contributed by atoms with Crippen LogP contribution in [0.5, 0.6) is 0 Å². The van der Waals surface area contributed by atoms with E-state index in [-0.39, 0.29) is 5.91 Å². The molecule has 3 aromatic heterocycles. The van der Waals surface area contributed by atoms with E-state index >= 15 is 0 Å². The monoisotopic (exact) mass is 435 g/mol. The van der Waals surface area contributed by atoms with Crippen molar-refractivity contribution in [1.82, 2.24) is 29.8 Å². The number of nitrogens with one attached hydrogen (secondary N) is 1. The van der Waals surface area contributed by atoms with Gasteiger partial charge in [0.1, 0.15) is 5.82 Å². The third kappa shape index (κ3) is 3.55. The highest BCUT2D eigenvalue weighted by Crippen LogP contribution is 2.28. The maximum absolute atomic E-state index is 13.1. The van der Waals surface area contributed by atoms with Gasteiger partial charge in [-0.05, 0) is 42.5 Å². The Morgan fingerprint density at radius 2 is 1.70 bits per heavy atom. The summed E-state index contributed by atoms with van der Waals surface area (Å²) in [6.07, 6.45) is 5.14. The lowest BCUT2D eigenvalue weighted by atomic mass is 10.1. The van der Waals surface area contributed by atoms with E-state index in [9.17, 15) is 4.79 Å². The van der Waals surface area contributed by atoms with Crippen molar-refractivity contribution in [3.8, 4) is 11.4 Å². The smallest absolute Gasteiger partial charge is 0.254 e. The molecule has 1 saturated heterocycles. The second-order valence-corrected chi connectivity index (χ2v) is 8.04.